The Kier molecular flexibility index (Phi) is 8.73. The van der Waals surface area contributed by atoms with Crippen LogP contribution in [0, 0.1) is 11.3 Å². The summed E-state index contributed by atoms with van der Waals surface area (Å²) >= 11 is 0. The van der Waals surface area contributed by atoms with Crippen LogP contribution in [0.15, 0.2) is 77.5 Å². The molecular formula is C26H26N2O7. The molecule has 1 atom stereocenters. The summed E-state index contributed by atoms with van der Waals surface area (Å²) in [6, 6.07) is 18.7. The number of hydrogen-bond donors (Lipinski definition) is 1. The van der Waals surface area contributed by atoms with Crippen molar-refractivity contribution in [3.8, 4) is 11.8 Å². The summed E-state index contributed by atoms with van der Waals surface area (Å²) in [4.78, 5) is 24.4. The molecule has 9 heteroatoms. The van der Waals surface area contributed by atoms with Crippen LogP contribution in [0.3, 0.4) is 0 Å². The van der Waals surface area contributed by atoms with Crippen LogP contribution in [0.2, 0.25) is 0 Å². The highest BCUT2D eigenvalue weighted by molar-refractivity contribution is 5.65. The molecule has 3 rings (SSSR count). The van der Waals surface area contributed by atoms with Crippen molar-refractivity contribution >= 4 is 12.3 Å². The van der Waals surface area contributed by atoms with E-state index in [2.05, 4.69) is 5.32 Å². The van der Waals surface area contributed by atoms with Gasteiger partial charge < -0.3 is 29.0 Å². The first-order chi connectivity index (χ1) is 16.9. The Morgan fingerprint density at radius 3 is 2.23 bits per heavy atom. The number of carbonyl (C=O) groups excluding carboxylic acids is 2. The smallest absolute Gasteiger partial charge is 0.489 e. The third kappa shape index (κ3) is 6.54. The topological polar surface area (TPSA) is 116 Å². The van der Waals surface area contributed by atoms with E-state index in [1.807, 2.05) is 42.5 Å². The standard InChI is InChI=1S/C26H26N2O7/c1-17-23(34-25(29)31-3)22(24(18(2)28-17)35-26(30)32-15-9-14-27)20-12-7-8-13-21(20)33-16-19-10-5-4-6-11-19/h4-8,10-13,22,28H,9,15-16H2,1-3H3. The van der Waals surface area contributed by atoms with Gasteiger partial charge in [0.15, 0.2) is 0 Å². The number of rotatable bonds is 8. The molecule has 1 unspecified atom stereocenters. The van der Waals surface area contributed by atoms with Crippen LogP contribution in [-0.2, 0) is 25.6 Å². The van der Waals surface area contributed by atoms with Gasteiger partial charge in [0.1, 0.15) is 36.4 Å². The molecular weight excluding hydrogens is 452 g/mol. The number of allylic oxidation sites excluding steroid dienone is 2. The number of nitriles is 1. The molecule has 0 bridgehead atoms. The molecule has 0 aromatic heterocycles. The highest BCUT2D eigenvalue weighted by Crippen LogP contribution is 2.43. The number of nitrogens with zero attached hydrogens (tertiary/aromatic N) is 1. The highest BCUT2D eigenvalue weighted by atomic mass is 16.7. The second kappa shape index (κ2) is 12.1. The van der Waals surface area contributed by atoms with Gasteiger partial charge in [-0.2, -0.15) is 5.26 Å². The average molecular weight is 479 g/mol. The molecule has 9 nitrogen and oxygen atoms in total. The van der Waals surface area contributed by atoms with E-state index in [-0.39, 0.29) is 24.5 Å². The Hall–Kier alpha value is -4.45. The zero-order valence-electron chi connectivity index (χ0n) is 19.7. The fourth-order valence-electron chi connectivity index (χ4n) is 3.53. The molecule has 0 radical (unpaired) electrons. The van der Waals surface area contributed by atoms with E-state index in [0.29, 0.717) is 29.3 Å². The molecule has 0 fully saturated rings. The number of methoxy groups -OCH3 is 1. The van der Waals surface area contributed by atoms with E-state index < -0.39 is 18.2 Å². The largest absolute Gasteiger partial charge is 0.513 e. The lowest BCUT2D eigenvalue weighted by atomic mass is 9.90. The Morgan fingerprint density at radius 1 is 0.943 bits per heavy atom. The van der Waals surface area contributed by atoms with E-state index in [4.69, 9.17) is 28.9 Å². The van der Waals surface area contributed by atoms with Gasteiger partial charge in [0, 0.05) is 5.56 Å². The van der Waals surface area contributed by atoms with Crippen LogP contribution in [0.25, 0.3) is 0 Å². The molecule has 1 aliphatic rings. The molecule has 182 valence electrons. The molecule has 0 saturated carbocycles. The fourth-order valence-corrected chi connectivity index (χ4v) is 3.53. The number of hydrogen-bond acceptors (Lipinski definition) is 9. The van der Waals surface area contributed by atoms with Gasteiger partial charge in [-0.25, -0.2) is 9.59 Å². The molecule has 1 N–H and O–H groups in total. The van der Waals surface area contributed by atoms with Crippen molar-refractivity contribution in [1.82, 2.24) is 5.32 Å². The number of carbonyl (C=O) groups is 2. The second-order valence-corrected chi connectivity index (χ2v) is 7.51. The van der Waals surface area contributed by atoms with Crippen molar-refractivity contribution in [2.24, 2.45) is 0 Å². The van der Waals surface area contributed by atoms with Crippen molar-refractivity contribution in [2.45, 2.75) is 32.8 Å². The molecule has 1 heterocycles. The second-order valence-electron chi connectivity index (χ2n) is 7.51. The molecule has 2 aromatic rings. The minimum atomic E-state index is -0.985. The summed E-state index contributed by atoms with van der Waals surface area (Å²) in [5.41, 5.74) is 2.61. The van der Waals surface area contributed by atoms with Gasteiger partial charge in [0.25, 0.3) is 0 Å². The predicted octanol–water partition coefficient (Wildman–Crippen LogP) is 5.27. The predicted molar refractivity (Wildman–Crippen MR) is 125 cm³/mol. The molecule has 2 aromatic carbocycles. The van der Waals surface area contributed by atoms with E-state index in [1.165, 1.54) is 7.11 Å². The first-order valence-electron chi connectivity index (χ1n) is 10.9. The lowest BCUT2D eigenvalue weighted by Gasteiger charge is -2.31. The van der Waals surface area contributed by atoms with Crippen LogP contribution in [0.4, 0.5) is 9.59 Å². The van der Waals surface area contributed by atoms with Crippen LogP contribution in [0.5, 0.6) is 5.75 Å². The zero-order chi connectivity index (χ0) is 25.2. The van der Waals surface area contributed by atoms with E-state index in [1.54, 1.807) is 32.0 Å². The van der Waals surface area contributed by atoms with Gasteiger partial charge in [0.2, 0.25) is 0 Å². The van der Waals surface area contributed by atoms with Crippen molar-refractivity contribution in [3.63, 3.8) is 0 Å². The third-order valence-electron chi connectivity index (χ3n) is 5.09. The number of dihydropyridines is 1. The lowest BCUT2D eigenvalue weighted by Crippen LogP contribution is -2.29. The minimum absolute atomic E-state index is 0.0285. The normalized spacial score (nSPS) is 15.0. The maximum absolute atomic E-state index is 12.4. The third-order valence-corrected chi connectivity index (χ3v) is 5.09. The number of para-hydroxylation sites is 1. The highest BCUT2D eigenvalue weighted by Gasteiger charge is 2.37. The van der Waals surface area contributed by atoms with E-state index in [9.17, 15) is 9.59 Å². The summed E-state index contributed by atoms with van der Waals surface area (Å²) in [7, 11) is 1.20. The van der Waals surface area contributed by atoms with Crippen molar-refractivity contribution < 1.29 is 33.3 Å². The summed E-state index contributed by atoms with van der Waals surface area (Å²) < 4.78 is 26.8. The summed E-state index contributed by atoms with van der Waals surface area (Å²) in [5.74, 6) is 0.0184. The van der Waals surface area contributed by atoms with Gasteiger partial charge in [-0.15, -0.1) is 0 Å². The van der Waals surface area contributed by atoms with Crippen LogP contribution in [-0.4, -0.2) is 26.0 Å². The van der Waals surface area contributed by atoms with E-state index in [0.717, 1.165) is 5.56 Å². The Morgan fingerprint density at radius 2 is 1.57 bits per heavy atom. The van der Waals surface area contributed by atoms with Gasteiger partial charge in [-0.05, 0) is 25.5 Å². The quantitative estimate of drug-likeness (QED) is 0.400. The number of nitrogens with one attached hydrogen (secondary N) is 1. The zero-order valence-corrected chi connectivity index (χ0v) is 19.7. The molecule has 1 aliphatic heterocycles. The Bertz CT molecular complexity index is 1170. The van der Waals surface area contributed by atoms with Gasteiger partial charge in [-0.1, -0.05) is 48.5 Å². The molecule has 35 heavy (non-hydrogen) atoms. The maximum atomic E-state index is 12.4. The maximum Gasteiger partial charge on any atom is 0.513 e. The van der Waals surface area contributed by atoms with Crippen molar-refractivity contribution in [2.75, 3.05) is 13.7 Å². The number of ether oxygens (including phenoxy) is 5. The first kappa shape index (κ1) is 25.2. The average Bonchev–Trinajstić information content (AvgIpc) is 2.86. The monoisotopic (exact) mass is 478 g/mol. The first-order valence-corrected chi connectivity index (χ1v) is 10.9. The van der Waals surface area contributed by atoms with Crippen LogP contribution >= 0.6 is 0 Å². The van der Waals surface area contributed by atoms with Crippen LogP contribution < -0.4 is 10.1 Å². The van der Waals surface area contributed by atoms with Crippen LogP contribution in [0.1, 0.15) is 37.3 Å². The summed E-state index contributed by atoms with van der Waals surface area (Å²) in [6.07, 6.45) is -1.88. The molecule has 0 spiro atoms. The molecule has 0 aliphatic carbocycles. The minimum Gasteiger partial charge on any atom is -0.489 e. The van der Waals surface area contributed by atoms with Crippen molar-refractivity contribution in [1.29, 1.82) is 5.26 Å². The van der Waals surface area contributed by atoms with Gasteiger partial charge >= 0.3 is 12.3 Å². The SMILES string of the molecule is COC(=O)OC1=C(C)NC(C)=C(OC(=O)OCCC#N)C1c1ccccc1OCc1ccccc1. The Labute approximate surface area is 203 Å². The summed E-state index contributed by atoms with van der Waals surface area (Å²) in [6.45, 7) is 3.63. The van der Waals surface area contributed by atoms with Gasteiger partial charge in [0.05, 0.1) is 31.0 Å². The molecule has 0 amide bonds. The summed E-state index contributed by atoms with van der Waals surface area (Å²) in [5, 5.41) is 11.7. The Balaban J connectivity index is 1.99. The van der Waals surface area contributed by atoms with Crippen molar-refractivity contribution in [3.05, 3.63) is 88.6 Å². The lowest BCUT2D eigenvalue weighted by molar-refractivity contribution is 0.0675. The number of benzene rings is 2. The fraction of sp³-hybridized carbons (Fsp3) is 0.269. The van der Waals surface area contributed by atoms with Gasteiger partial charge in [-0.3, -0.25) is 0 Å². The molecule has 0 saturated heterocycles. The van der Waals surface area contributed by atoms with E-state index >= 15 is 0 Å².